The third-order valence-corrected chi connectivity index (χ3v) is 8.36. The van der Waals surface area contributed by atoms with Crippen molar-refractivity contribution in [3.63, 3.8) is 0 Å². The number of rotatable bonds is 11. The number of hydrogen-bond acceptors (Lipinski definition) is 10. The Morgan fingerprint density at radius 3 is 2.65 bits per heavy atom. The van der Waals surface area contributed by atoms with Crippen LogP contribution in [0.2, 0.25) is 0 Å². The summed E-state index contributed by atoms with van der Waals surface area (Å²) >= 11 is 0. The Hall–Kier alpha value is -4.01. The predicted molar refractivity (Wildman–Crippen MR) is 156 cm³/mol. The van der Waals surface area contributed by atoms with Crippen molar-refractivity contribution in [2.75, 3.05) is 24.2 Å². The van der Waals surface area contributed by atoms with Crippen LogP contribution in [0.15, 0.2) is 14.3 Å². The molecule has 3 aromatic rings. The van der Waals surface area contributed by atoms with Gasteiger partial charge in [0.05, 0.1) is 0 Å². The summed E-state index contributed by atoms with van der Waals surface area (Å²) in [6.07, 6.45) is 15.2. The summed E-state index contributed by atoms with van der Waals surface area (Å²) in [5, 5.41) is 19.1. The molecule has 0 spiro atoms. The second-order valence-corrected chi connectivity index (χ2v) is 11.1. The lowest BCUT2D eigenvalue weighted by Gasteiger charge is -2.32. The molecule has 0 radical (unpaired) electrons. The fourth-order valence-corrected chi connectivity index (χ4v) is 5.62. The Bertz CT molecular complexity index is 1470. The highest BCUT2D eigenvalue weighted by molar-refractivity contribution is 5.95. The number of terminal acetylenes is 1. The summed E-state index contributed by atoms with van der Waals surface area (Å²) < 4.78 is 6.90. The maximum absolute atomic E-state index is 11.7. The van der Waals surface area contributed by atoms with Gasteiger partial charge < -0.3 is 25.6 Å². The fraction of sp³-hybridized carbons (Fsp3) is 0.607. The average molecular weight is 547 g/mol. The van der Waals surface area contributed by atoms with Crippen molar-refractivity contribution in [1.82, 2.24) is 29.7 Å². The quantitative estimate of drug-likeness (QED) is 0.207. The van der Waals surface area contributed by atoms with E-state index in [0.29, 0.717) is 47.4 Å². The van der Waals surface area contributed by atoms with Gasteiger partial charge in [-0.25, -0.2) is 14.8 Å². The average Bonchev–Trinajstić information content (AvgIpc) is 3.49. The highest BCUT2D eigenvalue weighted by Gasteiger charge is 2.29. The van der Waals surface area contributed by atoms with E-state index >= 15 is 0 Å². The largest absolute Gasteiger partial charge is 0.439 e. The van der Waals surface area contributed by atoms with Gasteiger partial charge in [-0.2, -0.15) is 4.98 Å². The zero-order chi connectivity index (χ0) is 28.2. The SMILES string of the molecule is C#CC1CCC(Cn2c(NCC(C=NC)C(C)=N)nc3nc(-c4noc(=O)[nH]4)nc(NC(C)C4CCC4)c32)CC1. The van der Waals surface area contributed by atoms with Crippen molar-refractivity contribution < 1.29 is 4.52 Å². The normalized spacial score (nSPS) is 21.1. The summed E-state index contributed by atoms with van der Waals surface area (Å²) in [5.41, 5.74) is 1.81. The molecule has 2 aliphatic rings. The summed E-state index contributed by atoms with van der Waals surface area (Å²) in [7, 11) is 1.71. The van der Waals surface area contributed by atoms with Crippen molar-refractivity contribution in [1.29, 1.82) is 5.41 Å². The van der Waals surface area contributed by atoms with Crippen molar-refractivity contribution in [3.05, 3.63) is 10.6 Å². The first kappa shape index (κ1) is 27.6. The van der Waals surface area contributed by atoms with Crippen LogP contribution in [-0.2, 0) is 6.54 Å². The maximum atomic E-state index is 11.7. The van der Waals surface area contributed by atoms with Crippen molar-refractivity contribution in [3.8, 4) is 24.0 Å². The molecule has 5 rings (SSSR count). The highest BCUT2D eigenvalue weighted by atomic mass is 16.5. The Labute approximate surface area is 233 Å². The molecule has 3 aromatic heterocycles. The van der Waals surface area contributed by atoms with Crippen LogP contribution in [0.5, 0.6) is 0 Å². The van der Waals surface area contributed by atoms with Gasteiger partial charge in [-0.3, -0.25) is 9.51 Å². The Balaban J connectivity index is 1.57. The maximum Gasteiger partial charge on any atom is 0.439 e. The van der Waals surface area contributed by atoms with Crippen molar-refractivity contribution in [2.24, 2.45) is 28.7 Å². The van der Waals surface area contributed by atoms with Crippen LogP contribution in [0.25, 0.3) is 22.8 Å². The number of fused-ring (bicyclic) bond motifs is 1. The van der Waals surface area contributed by atoms with E-state index < -0.39 is 5.76 Å². The van der Waals surface area contributed by atoms with Crippen LogP contribution >= 0.6 is 0 Å². The van der Waals surface area contributed by atoms with Gasteiger partial charge in [0.2, 0.25) is 17.6 Å². The Morgan fingerprint density at radius 2 is 2.05 bits per heavy atom. The minimum atomic E-state index is -0.669. The topological polar surface area (TPSA) is 163 Å². The van der Waals surface area contributed by atoms with E-state index in [1.807, 2.05) is 0 Å². The van der Waals surface area contributed by atoms with Crippen LogP contribution < -0.4 is 16.4 Å². The van der Waals surface area contributed by atoms with E-state index in [1.165, 1.54) is 19.3 Å². The first-order chi connectivity index (χ1) is 19.4. The molecule has 2 fully saturated rings. The van der Waals surface area contributed by atoms with Crippen LogP contribution in [0, 0.1) is 41.4 Å². The molecule has 0 amide bonds. The van der Waals surface area contributed by atoms with E-state index in [2.05, 4.69) is 43.2 Å². The van der Waals surface area contributed by atoms with E-state index in [-0.39, 0.29) is 23.6 Å². The number of hydrogen-bond donors (Lipinski definition) is 4. The van der Waals surface area contributed by atoms with Gasteiger partial charge in [-0.05, 0) is 64.2 Å². The third-order valence-electron chi connectivity index (χ3n) is 8.36. The zero-order valence-electron chi connectivity index (χ0n) is 23.4. The third kappa shape index (κ3) is 5.93. The molecule has 0 aromatic carbocycles. The molecular formula is C28H38N10O2. The standard InChI is InChI=1S/C28H38N10O2/c1-5-18-9-11-19(12-10-18)15-38-22-23(32-17(3)20-7-6-8-20)33-25(26-36-28(39)40-37-26)34-24(22)35-27(38)31-14-21(13-30-4)16(2)29/h1,13,17-21,29H,6-12,14-15H2,2-4H3,(H,36,37,39)(H2,31,32,33,34,35). The molecular weight excluding hydrogens is 508 g/mol. The molecule has 212 valence electrons. The van der Waals surface area contributed by atoms with Gasteiger partial charge in [0.25, 0.3) is 0 Å². The second-order valence-electron chi connectivity index (χ2n) is 11.1. The molecule has 2 aliphatic carbocycles. The number of imidazole rings is 1. The molecule has 2 atom stereocenters. The molecule has 0 bridgehead atoms. The van der Waals surface area contributed by atoms with Gasteiger partial charge in [-0.1, -0.05) is 11.6 Å². The minimum Gasteiger partial charge on any atom is -0.365 e. The summed E-state index contributed by atoms with van der Waals surface area (Å²) in [5.74, 6) is 5.13. The lowest BCUT2D eigenvalue weighted by molar-refractivity contribution is 0.284. The second kappa shape index (κ2) is 12.0. The first-order valence-electron chi connectivity index (χ1n) is 14.1. The van der Waals surface area contributed by atoms with Gasteiger partial charge in [0.1, 0.15) is 5.52 Å². The number of aromatic nitrogens is 6. The van der Waals surface area contributed by atoms with E-state index in [1.54, 1.807) is 20.2 Å². The number of aromatic amines is 1. The molecule has 12 heteroatoms. The number of nitrogens with one attached hydrogen (secondary N) is 4. The van der Waals surface area contributed by atoms with Gasteiger partial charge >= 0.3 is 5.76 Å². The molecule has 4 N–H and O–H groups in total. The zero-order valence-corrected chi connectivity index (χ0v) is 23.4. The van der Waals surface area contributed by atoms with E-state index in [4.69, 9.17) is 31.3 Å². The molecule has 0 aliphatic heterocycles. The van der Waals surface area contributed by atoms with Crippen molar-refractivity contribution in [2.45, 2.75) is 71.4 Å². The van der Waals surface area contributed by atoms with Crippen LogP contribution in [0.1, 0.15) is 58.8 Å². The molecule has 0 saturated heterocycles. The molecule has 2 unspecified atom stereocenters. The van der Waals surface area contributed by atoms with Gasteiger partial charge in [0, 0.05) is 49.9 Å². The van der Waals surface area contributed by atoms with Gasteiger partial charge in [-0.15, -0.1) is 12.3 Å². The van der Waals surface area contributed by atoms with Crippen molar-refractivity contribution >= 4 is 34.9 Å². The van der Waals surface area contributed by atoms with Crippen LogP contribution in [-0.4, -0.2) is 61.2 Å². The van der Waals surface area contributed by atoms with E-state index in [9.17, 15) is 4.79 Å². The van der Waals surface area contributed by atoms with Gasteiger partial charge in [0.15, 0.2) is 11.5 Å². The van der Waals surface area contributed by atoms with Crippen LogP contribution in [0.3, 0.4) is 0 Å². The molecule has 2 saturated carbocycles. The summed E-state index contributed by atoms with van der Waals surface area (Å²) in [6, 6.07) is 0.201. The summed E-state index contributed by atoms with van der Waals surface area (Å²) in [4.78, 5) is 32.8. The smallest absolute Gasteiger partial charge is 0.365 e. The molecule has 12 nitrogen and oxygen atoms in total. The minimum absolute atomic E-state index is 0.154. The lowest BCUT2D eigenvalue weighted by Crippen LogP contribution is -2.31. The fourth-order valence-electron chi connectivity index (χ4n) is 5.62. The Morgan fingerprint density at radius 1 is 1.27 bits per heavy atom. The number of H-pyrrole nitrogens is 1. The monoisotopic (exact) mass is 546 g/mol. The molecule has 40 heavy (non-hydrogen) atoms. The predicted octanol–water partition coefficient (Wildman–Crippen LogP) is 3.98. The number of anilines is 2. The number of nitrogens with zero attached hydrogens (tertiary/aromatic N) is 6. The summed E-state index contributed by atoms with van der Waals surface area (Å²) in [6.45, 7) is 5.17. The number of aliphatic imine (C=N–C) groups is 1. The molecule has 3 heterocycles. The van der Waals surface area contributed by atoms with E-state index in [0.717, 1.165) is 37.7 Å². The lowest BCUT2D eigenvalue weighted by atomic mass is 9.80. The first-order valence-corrected chi connectivity index (χ1v) is 14.1. The Kier molecular flexibility index (Phi) is 8.28. The highest BCUT2D eigenvalue weighted by Crippen LogP contribution is 2.35. The van der Waals surface area contributed by atoms with Crippen LogP contribution in [0.4, 0.5) is 11.8 Å².